The Morgan fingerprint density at radius 3 is 2.55 bits per heavy atom. The topological polar surface area (TPSA) is 78.4 Å². The molecule has 3 N–H and O–H groups in total. The van der Waals surface area contributed by atoms with Gasteiger partial charge in [0.25, 0.3) is 5.91 Å². The van der Waals surface area contributed by atoms with E-state index < -0.39 is 0 Å². The lowest BCUT2D eigenvalue weighted by atomic mass is 10.1. The van der Waals surface area contributed by atoms with Crippen LogP contribution in [0.3, 0.4) is 0 Å². The molecule has 0 bridgehead atoms. The van der Waals surface area contributed by atoms with Crippen LogP contribution in [0.5, 0.6) is 0 Å². The summed E-state index contributed by atoms with van der Waals surface area (Å²) in [5, 5.41) is 10.8. The maximum Gasteiger partial charge on any atom is 0.251 e. The minimum Gasteiger partial charge on any atom is -0.357 e. The molecule has 6 nitrogen and oxygen atoms in total. The predicted octanol–water partition coefficient (Wildman–Crippen LogP) is 3.53. The Kier molecular flexibility index (Phi) is 9.64. The van der Waals surface area contributed by atoms with Crippen molar-refractivity contribution in [3.05, 3.63) is 51.5 Å². The summed E-state index contributed by atoms with van der Waals surface area (Å²) in [4.78, 5) is 22.6. The molecule has 0 saturated carbocycles. The predicted molar refractivity (Wildman–Crippen MR) is 122 cm³/mol. The van der Waals surface area contributed by atoms with Gasteiger partial charge in [-0.15, -0.1) is 11.3 Å². The maximum atomic E-state index is 12.2. The van der Waals surface area contributed by atoms with Crippen molar-refractivity contribution in [3.63, 3.8) is 0 Å². The number of guanidine groups is 1. The minimum absolute atomic E-state index is 0.0298. The van der Waals surface area contributed by atoms with Crippen LogP contribution in [-0.2, 0) is 19.4 Å². The molecule has 0 aliphatic heterocycles. The lowest BCUT2D eigenvalue weighted by Crippen LogP contribution is -2.38. The molecular formula is C22H33N5OS. The van der Waals surface area contributed by atoms with Crippen LogP contribution in [0.4, 0.5) is 0 Å². The van der Waals surface area contributed by atoms with E-state index in [2.05, 4.69) is 46.7 Å². The van der Waals surface area contributed by atoms with Gasteiger partial charge < -0.3 is 16.0 Å². The number of nitrogens with zero attached hydrogens (tertiary/aromatic N) is 2. The molecule has 1 unspecified atom stereocenters. The Morgan fingerprint density at radius 1 is 1.17 bits per heavy atom. The third-order valence-corrected chi connectivity index (χ3v) is 5.75. The Balaban J connectivity index is 1.87. The number of aliphatic imine (C=N–C) groups is 1. The first-order valence-electron chi connectivity index (χ1n) is 10.4. The molecule has 0 fully saturated rings. The van der Waals surface area contributed by atoms with E-state index in [1.54, 1.807) is 11.3 Å². The van der Waals surface area contributed by atoms with Gasteiger partial charge in [0.15, 0.2) is 5.96 Å². The molecule has 7 heteroatoms. The quantitative estimate of drug-likeness (QED) is 0.410. The average molecular weight is 416 g/mol. The van der Waals surface area contributed by atoms with E-state index in [4.69, 9.17) is 0 Å². The third kappa shape index (κ3) is 7.85. The second kappa shape index (κ2) is 12.2. The zero-order valence-electron chi connectivity index (χ0n) is 17.9. The summed E-state index contributed by atoms with van der Waals surface area (Å²) < 4.78 is 0. The van der Waals surface area contributed by atoms with Gasteiger partial charge in [-0.1, -0.05) is 26.0 Å². The zero-order chi connectivity index (χ0) is 21.1. The second-order valence-electron chi connectivity index (χ2n) is 6.93. The van der Waals surface area contributed by atoms with Crippen LogP contribution in [-0.4, -0.2) is 36.0 Å². The van der Waals surface area contributed by atoms with Crippen LogP contribution in [0.25, 0.3) is 0 Å². The summed E-state index contributed by atoms with van der Waals surface area (Å²) in [7, 11) is 0. The monoisotopic (exact) mass is 415 g/mol. The van der Waals surface area contributed by atoms with Crippen molar-refractivity contribution in [2.75, 3.05) is 13.1 Å². The first-order valence-corrected chi connectivity index (χ1v) is 11.2. The number of rotatable bonds is 10. The molecule has 1 atom stereocenters. The molecule has 158 valence electrons. The lowest BCUT2D eigenvalue weighted by Gasteiger charge is -2.12. The first-order chi connectivity index (χ1) is 14.0. The summed E-state index contributed by atoms with van der Waals surface area (Å²) >= 11 is 1.77. The van der Waals surface area contributed by atoms with E-state index in [0.717, 1.165) is 48.9 Å². The van der Waals surface area contributed by atoms with Crippen LogP contribution in [0.1, 0.15) is 59.9 Å². The molecule has 0 saturated heterocycles. The van der Waals surface area contributed by atoms with Gasteiger partial charge in [0.05, 0.1) is 11.6 Å². The minimum atomic E-state index is -0.0298. The second-order valence-corrected chi connectivity index (χ2v) is 8.13. The summed E-state index contributed by atoms with van der Waals surface area (Å²) in [6.07, 6.45) is 4.80. The van der Waals surface area contributed by atoms with Crippen LogP contribution in [0, 0.1) is 0 Å². The zero-order valence-corrected chi connectivity index (χ0v) is 18.7. The fourth-order valence-corrected chi connectivity index (χ4v) is 3.46. The van der Waals surface area contributed by atoms with Gasteiger partial charge in [0.1, 0.15) is 0 Å². The fraction of sp³-hybridized carbons (Fsp3) is 0.500. The van der Waals surface area contributed by atoms with Crippen molar-refractivity contribution in [1.29, 1.82) is 0 Å². The number of aryl methyl sites for hydroxylation is 1. The highest BCUT2D eigenvalue weighted by molar-refractivity contribution is 7.11. The van der Waals surface area contributed by atoms with Gasteiger partial charge in [-0.3, -0.25) is 4.79 Å². The Morgan fingerprint density at radius 2 is 1.93 bits per heavy atom. The number of amides is 1. The molecule has 29 heavy (non-hydrogen) atoms. The van der Waals surface area contributed by atoms with Crippen LogP contribution >= 0.6 is 11.3 Å². The van der Waals surface area contributed by atoms with Gasteiger partial charge >= 0.3 is 0 Å². The number of benzene rings is 1. The number of aromatic nitrogens is 1. The number of carbonyl (C=O) groups is 1. The molecule has 0 aliphatic rings. The third-order valence-electron chi connectivity index (χ3n) is 4.55. The molecular weight excluding hydrogens is 382 g/mol. The Hall–Kier alpha value is -2.41. The Bertz CT molecular complexity index is 785. The van der Waals surface area contributed by atoms with E-state index in [9.17, 15) is 4.79 Å². The highest BCUT2D eigenvalue weighted by atomic mass is 32.1. The average Bonchev–Trinajstić information content (AvgIpc) is 3.20. The van der Waals surface area contributed by atoms with Crippen molar-refractivity contribution in [1.82, 2.24) is 20.9 Å². The summed E-state index contributed by atoms with van der Waals surface area (Å²) in [5.74, 6) is 0.760. The van der Waals surface area contributed by atoms with Crippen molar-refractivity contribution in [3.8, 4) is 0 Å². The lowest BCUT2D eigenvalue weighted by molar-refractivity contribution is 0.0939. The number of hydrogen-bond acceptors (Lipinski definition) is 4. The highest BCUT2D eigenvalue weighted by Crippen LogP contribution is 2.13. The van der Waals surface area contributed by atoms with Crippen LogP contribution < -0.4 is 16.0 Å². The van der Waals surface area contributed by atoms with Gasteiger partial charge in [0, 0.05) is 42.2 Å². The van der Waals surface area contributed by atoms with Crippen LogP contribution in [0.2, 0.25) is 0 Å². The van der Waals surface area contributed by atoms with E-state index >= 15 is 0 Å². The van der Waals surface area contributed by atoms with Crippen molar-refractivity contribution in [2.24, 2.45) is 4.99 Å². The van der Waals surface area contributed by atoms with Gasteiger partial charge in [-0.25, -0.2) is 9.98 Å². The number of carbonyl (C=O) groups excluding carboxylic acids is 1. The summed E-state index contributed by atoms with van der Waals surface area (Å²) in [6.45, 7) is 10.4. The fourth-order valence-electron chi connectivity index (χ4n) is 2.60. The van der Waals surface area contributed by atoms with Crippen molar-refractivity contribution < 1.29 is 4.79 Å². The number of nitrogens with one attached hydrogen (secondary N) is 3. The van der Waals surface area contributed by atoms with Crippen molar-refractivity contribution >= 4 is 23.2 Å². The molecule has 0 radical (unpaired) electrons. The molecule has 1 aromatic carbocycles. The van der Waals surface area contributed by atoms with Gasteiger partial charge in [-0.05, 0) is 44.4 Å². The van der Waals surface area contributed by atoms with E-state index in [1.807, 2.05) is 37.4 Å². The largest absolute Gasteiger partial charge is 0.357 e. The SMILES string of the molecule is CCNC(=NCc1ccc(C(=O)NC(C)CC)cc1)NCCc1ncc(CC)s1. The molecule has 1 aromatic heterocycles. The van der Waals surface area contributed by atoms with Gasteiger partial charge in [0.2, 0.25) is 0 Å². The first kappa shape index (κ1) is 22.9. The Labute approximate surface area is 178 Å². The molecule has 1 amide bonds. The standard InChI is InChI=1S/C22H33N5OS/c1-5-16(4)27-21(28)18-10-8-17(9-11-18)14-26-22(23-7-3)24-13-12-20-25-15-19(6-2)29-20/h8-11,15-16H,5-7,12-14H2,1-4H3,(H,27,28)(H2,23,24,26). The number of hydrogen-bond donors (Lipinski definition) is 3. The van der Waals surface area contributed by atoms with E-state index in [0.29, 0.717) is 12.1 Å². The molecule has 2 rings (SSSR count). The smallest absolute Gasteiger partial charge is 0.251 e. The van der Waals surface area contributed by atoms with Gasteiger partial charge in [-0.2, -0.15) is 0 Å². The van der Waals surface area contributed by atoms with E-state index in [-0.39, 0.29) is 11.9 Å². The molecule has 1 heterocycles. The normalized spacial score (nSPS) is 12.5. The number of thiazole rings is 1. The summed E-state index contributed by atoms with van der Waals surface area (Å²) in [5.41, 5.74) is 1.74. The highest BCUT2D eigenvalue weighted by Gasteiger charge is 2.08. The van der Waals surface area contributed by atoms with Crippen LogP contribution in [0.15, 0.2) is 35.5 Å². The summed E-state index contributed by atoms with van der Waals surface area (Å²) in [6, 6.07) is 7.81. The molecule has 0 spiro atoms. The maximum absolute atomic E-state index is 12.2. The van der Waals surface area contributed by atoms with Crippen molar-refractivity contribution in [2.45, 2.75) is 59.5 Å². The molecule has 2 aromatic rings. The van der Waals surface area contributed by atoms with E-state index in [1.165, 1.54) is 4.88 Å². The molecule has 0 aliphatic carbocycles.